The van der Waals surface area contributed by atoms with Crippen LogP contribution >= 0.6 is 0 Å². The molecule has 1 amide bonds. The van der Waals surface area contributed by atoms with E-state index in [2.05, 4.69) is 14.8 Å². The first-order valence-electron chi connectivity index (χ1n) is 6.21. The molecule has 0 saturated heterocycles. The molecule has 0 radical (unpaired) electrons. The van der Waals surface area contributed by atoms with E-state index in [1.165, 1.54) is 38.3 Å². The van der Waals surface area contributed by atoms with E-state index in [4.69, 9.17) is 0 Å². The van der Waals surface area contributed by atoms with E-state index < -0.39 is 22.0 Å². The first-order valence-corrected chi connectivity index (χ1v) is 7.69. The maximum atomic E-state index is 12.1. The molecule has 1 rings (SSSR count). The van der Waals surface area contributed by atoms with Crippen molar-refractivity contribution >= 4 is 27.6 Å². The van der Waals surface area contributed by atoms with Crippen LogP contribution in [-0.2, 0) is 24.3 Å². The molecule has 1 atom stereocenters. The molecular weight excluding hydrogens is 296 g/mol. The van der Waals surface area contributed by atoms with Gasteiger partial charge >= 0.3 is 5.97 Å². The summed E-state index contributed by atoms with van der Waals surface area (Å²) < 4.78 is 31.1. The molecule has 1 aromatic carbocycles. The normalized spacial score (nSPS) is 12.5. The zero-order chi connectivity index (χ0) is 16.0. The molecule has 21 heavy (non-hydrogen) atoms. The first-order chi connectivity index (χ1) is 9.74. The Labute approximate surface area is 123 Å². The number of amides is 1. The summed E-state index contributed by atoms with van der Waals surface area (Å²) in [5, 5.41) is 2.54. The molecule has 0 aliphatic carbocycles. The summed E-state index contributed by atoms with van der Waals surface area (Å²) in [5.41, 5.74) is 0.504. The van der Waals surface area contributed by atoms with E-state index in [-0.39, 0.29) is 17.2 Å². The van der Waals surface area contributed by atoms with Crippen molar-refractivity contribution in [3.05, 3.63) is 24.3 Å². The van der Waals surface area contributed by atoms with Crippen LogP contribution in [0.1, 0.15) is 20.3 Å². The van der Waals surface area contributed by atoms with E-state index in [0.29, 0.717) is 5.69 Å². The van der Waals surface area contributed by atoms with Gasteiger partial charge < -0.3 is 10.1 Å². The number of rotatable bonds is 6. The molecule has 0 heterocycles. The topological polar surface area (TPSA) is 102 Å². The van der Waals surface area contributed by atoms with E-state index in [9.17, 15) is 18.0 Å². The Bertz CT molecular complexity index is 610. The third-order valence-electron chi connectivity index (χ3n) is 2.54. The maximum absolute atomic E-state index is 12.1. The lowest BCUT2D eigenvalue weighted by molar-refractivity contribution is -0.141. The molecule has 0 saturated carbocycles. The minimum absolute atomic E-state index is 0.0494. The van der Waals surface area contributed by atoms with Crippen molar-refractivity contribution in [3.8, 4) is 0 Å². The number of anilines is 1. The summed E-state index contributed by atoms with van der Waals surface area (Å²) in [7, 11) is -2.49. The monoisotopic (exact) mass is 314 g/mol. The number of carbonyl (C=O) groups is 2. The van der Waals surface area contributed by atoms with Gasteiger partial charge in [-0.3, -0.25) is 9.59 Å². The number of hydrogen-bond donors (Lipinski definition) is 2. The Morgan fingerprint density at radius 2 is 1.81 bits per heavy atom. The smallest absolute Gasteiger partial charge is 0.307 e. The van der Waals surface area contributed by atoms with Crippen LogP contribution < -0.4 is 10.0 Å². The average molecular weight is 314 g/mol. The number of nitrogens with one attached hydrogen (secondary N) is 2. The van der Waals surface area contributed by atoms with Crippen LogP contribution in [0.3, 0.4) is 0 Å². The van der Waals surface area contributed by atoms with E-state index in [1.54, 1.807) is 6.92 Å². The maximum Gasteiger partial charge on any atom is 0.307 e. The molecular formula is C13H18N2O5S. The van der Waals surface area contributed by atoms with Gasteiger partial charge in [0.1, 0.15) is 0 Å². The van der Waals surface area contributed by atoms with Crippen LogP contribution in [0.25, 0.3) is 0 Å². The number of esters is 1. The van der Waals surface area contributed by atoms with Crippen molar-refractivity contribution < 1.29 is 22.7 Å². The Balaban J connectivity index is 2.78. The lowest BCUT2D eigenvalue weighted by Crippen LogP contribution is -2.34. The van der Waals surface area contributed by atoms with Crippen LogP contribution in [-0.4, -0.2) is 33.4 Å². The number of carbonyl (C=O) groups excluding carboxylic acids is 2. The van der Waals surface area contributed by atoms with Crippen molar-refractivity contribution in [2.24, 2.45) is 0 Å². The van der Waals surface area contributed by atoms with Gasteiger partial charge in [-0.15, -0.1) is 0 Å². The quantitative estimate of drug-likeness (QED) is 0.759. The summed E-state index contributed by atoms with van der Waals surface area (Å²) in [6.45, 7) is 2.93. The Morgan fingerprint density at radius 3 is 2.29 bits per heavy atom. The lowest BCUT2D eigenvalue weighted by atomic mass is 10.3. The molecule has 116 valence electrons. The molecule has 1 aromatic rings. The minimum atomic E-state index is -3.73. The fraction of sp³-hybridized carbons (Fsp3) is 0.385. The van der Waals surface area contributed by atoms with E-state index in [0.717, 1.165) is 0 Å². The number of sulfonamides is 1. The highest BCUT2D eigenvalue weighted by atomic mass is 32.2. The van der Waals surface area contributed by atoms with Gasteiger partial charge in [-0.1, -0.05) is 0 Å². The summed E-state index contributed by atoms with van der Waals surface area (Å²) >= 11 is 0. The zero-order valence-electron chi connectivity index (χ0n) is 12.0. The number of hydrogen-bond acceptors (Lipinski definition) is 5. The summed E-state index contributed by atoms with van der Waals surface area (Å²) in [5.74, 6) is -0.735. The molecule has 8 heteroatoms. The lowest BCUT2D eigenvalue weighted by Gasteiger charge is -2.13. The van der Waals surface area contributed by atoms with Crippen LogP contribution in [0, 0.1) is 0 Å². The van der Waals surface area contributed by atoms with Gasteiger partial charge in [0.05, 0.1) is 18.4 Å². The summed E-state index contributed by atoms with van der Waals surface area (Å²) in [4.78, 5) is 22.0. The van der Waals surface area contributed by atoms with Crippen LogP contribution in [0.2, 0.25) is 0 Å². The standard InChI is InChI=1S/C13H18N2O5S/c1-9(8-13(17)20-3)15-21(18,19)12-6-4-11(5-7-12)14-10(2)16/h4-7,9,15H,8H2,1-3H3,(H,14,16). The molecule has 0 fully saturated rings. The van der Waals surface area contributed by atoms with Gasteiger partial charge in [0.15, 0.2) is 0 Å². The summed E-state index contributed by atoms with van der Waals surface area (Å²) in [6.07, 6.45) is -0.0558. The third kappa shape index (κ3) is 5.52. The van der Waals surface area contributed by atoms with Crippen molar-refractivity contribution in [2.75, 3.05) is 12.4 Å². The highest BCUT2D eigenvalue weighted by molar-refractivity contribution is 7.89. The van der Waals surface area contributed by atoms with Crippen LogP contribution in [0.4, 0.5) is 5.69 Å². The molecule has 0 aromatic heterocycles. The molecule has 2 N–H and O–H groups in total. The minimum Gasteiger partial charge on any atom is -0.469 e. The summed E-state index contributed by atoms with van der Waals surface area (Å²) in [6, 6.07) is 5.14. The van der Waals surface area contributed by atoms with Gasteiger partial charge in [0.2, 0.25) is 15.9 Å². The van der Waals surface area contributed by atoms with Gasteiger partial charge in [-0.2, -0.15) is 0 Å². The highest BCUT2D eigenvalue weighted by Gasteiger charge is 2.19. The third-order valence-corrected chi connectivity index (χ3v) is 4.15. The predicted molar refractivity (Wildman–Crippen MR) is 77.2 cm³/mol. The second-order valence-corrected chi connectivity index (χ2v) is 6.22. The Hall–Kier alpha value is -1.93. The first kappa shape index (κ1) is 17.1. The predicted octanol–water partition coefficient (Wildman–Crippen LogP) is 0.875. The molecule has 0 spiro atoms. The van der Waals surface area contributed by atoms with Gasteiger partial charge in [-0.25, -0.2) is 13.1 Å². The molecule has 0 bridgehead atoms. The average Bonchev–Trinajstić information content (AvgIpc) is 2.37. The Kier molecular flexibility index (Phi) is 5.86. The largest absolute Gasteiger partial charge is 0.469 e. The van der Waals surface area contributed by atoms with Crippen molar-refractivity contribution in [1.82, 2.24) is 4.72 Å². The van der Waals surface area contributed by atoms with Gasteiger partial charge in [0.25, 0.3) is 0 Å². The van der Waals surface area contributed by atoms with Crippen molar-refractivity contribution in [3.63, 3.8) is 0 Å². The molecule has 1 unspecified atom stereocenters. The molecule has 0 aliphatic heterocycles. The number of benzene rings is 1. The highest BCUT2D eigenvalue weighted by Crippen LogP contribution is 2.14. The zero-order valence-corrected chi connectivity index (χ0v) is 12.9. The Morgan fingerprint density at radius 1 is 1.24 bits per heavy atom. The van der Waals surface area contributed by atoms with Crippen molar-refractivity contribution in [2.45, 2.75) is 31.2 Å². The number of ether oxygens (including phenoxy) is 1. The van der Waals surface area contributed by atoms with Gasteiger partial charge in [0, 0.05) is 18.7 Å². The van der Waals surface area contributed by atoms with E-state index in [1.807, 2.05) is 0 Å². The van der Waals surface area contributed by atoms with Crippen LogP contribution in [0.5, 0.6) is 0 Å². The fourth-order valence-electron chi connectivity index (χ4n) is 1.63. The van der Waals surface area contributed by atoms with Gasteiger partial charge in [-0.05, 0) is 31.2 Å². The van der Waals surface area contributed by atoms with E-state index >= 15 is 0 Å². The van der Waals surface area contributed by atoms with Crippen LogP contribution in [0.15, 0.2) is 29.2 Å². The second kappa shape index (κ2) is 7.19. The van der Waals surface area contributed by atoms with Crippen molar-refractivity contribution in [1.29, 1.82) is 0 Å². The molecule has 0 aliphatic rings. The number of methoxy groups -OCH3 is 1. The fourth-order valence-corrected chi connectivity index (χ4v) is 2.87. The second-order valence-electron chi connectivity index (χ2n) is 4.51. The molecule has 7 nitrogen and oxygen atoms in total. The SMILES string of the molecule is COC(=O)CC(C)NS(=O)(=O)c1ccc(NC(C)=O)cc1.